The van der Waals surface area contributed by atoms with E-state index in [4.69, 9.17) is 0 Å². The number of fused-ring (bicyclic) bond motifs is 1. The minimum absolute atomic E-state index is 0.0926. The Morgan fingerprint density at radius 1 is 1.24 bits per heavy atom. The van der Waals surface area contributed by atoms with Gasteiger partial charge in [-0.15, -0.1) is 11.3 Å². The monoisotopic (exact) mass is 363 g/mol. The standard InChI is InChI=1S/C17H15BrFNS/c1-20-16(11-6-13(18)9-14(19)7-11)8-12-10-21-17-5-3-2-4-15(12)17/h2-7,9-10,16,20H,8H2,1H3. The van der Waals surface area contributed by atoms with Crippen LogP contribution in [0.1, 0.15) is 17.2 Å². The average Bonchev–Trinajstić information content (AvgIpc) is 2.87. The third kappa shape index (κ3) is 3.18. The summed E-state index contributed by atoms with van der Waals surface area (Å²) in [4.78, 5) is 0. The van der Waals surface area contributed by atoms with Crippen molar-refractivity contribution in [2.75, 3.05) is 7.05 Å². The van der Waals surface area contributed by atoms with Gasteiger partial charge in [-0.25, -0.2) is 4.39 Å². The van der Waals surface area contributed by atoms with Crippen molar-refractivity contribution in [3.8, 4) is 0 Å². The van der Waals surface area contributed by atoms with Gasteiger partial charge in [0.1, 0.15) is 5.82 Å². The fourth-order valence-electron chi connectivity index (χ4n) is 2.57. The zero-order valence-corrected chi connectivity index (χ0v) is 14.0. The van der Waals surface area contributed by atoms with Gasteiger partial charge in [0.2, 0.25) is 0 Å². The summed E-state index contributed by atoms with van der Waals surface area (Å²) >= 11 is 5.12. The maximum absolute atomic E-state index is 13.6. The lowest BCUT2D eigenvalue weighted by Gasteiger charge is -2.17. The fourth-order valence-corrected chi connectivity index (χ4v) is 4.03. The maximum Gasteiger partial charge on any atom is 0.124 e. The summed E-state index contributed by atoms with van der Waals surface area (Å²) in [7, 11) is 1.91. The summed E-state index contributed by atoms with van der Waals surface area (Å²) in [5, 5.41) is 6.78. The summed E-state index contributed by atoms with van der Waals surface area (Å²) in [6.45, 7) is 0. The minimum Gasteiger partial charge on any atom is -0.313 e. The van der Waals surface area contributed by atoms with Crippen molar-refractivity contribution >= 4 is 37.4 Å². The molecule has 1 N–H and O–H groups in total. The van der Waals surface area contributed by atoms with Crippen LogP contribution in [0.25, 0.3) is 10.1 Å². The Hall–Kier alpha value is -1.23. The normalized spacial score (nSPS) is 12.7. The Morgan fingerprint density at radius 3 is 2.81 bits per heavy atom. The van der Waals surface area contributed by atoms with Crippen LogP contribution in [0.5, 0.6) is 0 Å². The van der Waals surface area contributed by atoms with Gasteiger partial charge in [0.15, 0.2) is 0 Å². The van der Waals surface area contributed by atoms with Crippen molar-refractivity contribution < 1.29 is 4.39 Å². The molecule has 1 nitrogen and oxygen atoms in total. The predicted octanol–water partition coefficient (Wildman–Crippen LogP) is 5.31. The lowest BCUT2D eigenvalue weighted by atomic mass is 9.98. The van der Waals surface area contributed by atoms with E-state index in [1.165, 1.54) is 21.7 Å². The van der Waals surface area contributed by atoms with Crippen molar-refractivity contribution in [3.63, 3.8) is 0 Å². The number of hydrogen-bond donors (Lipinski definition) is 1. The lowest BCUT2D eigenvalue weighted by Crippen LogP contribution is -2.18. The molecule has 3 aromatic rings. The molecule has 0 spiro atoms. The number of halogens is 2. The van der Waals surface area contributed by atoms with Crippen LogP contribution in [-0.2, 0) is 6.42 Å². The van der Waals surface area contributed by atoms with E-state index in [-0.39, 0.29) is 11.9 Å². The number of nitrogens with one attached hydrogen (secondary N) is 1. The molecule has 0 bridgehead atoms. The van der Waals surface area contributed by atoms with Crippen LogP contribution in [0.2, 0.25) is 0 Å². The van der Waals surface area contributed by atoms with Gasteiger partial charge in [0, 0.05) is 15.2 Å². The quantitative estimate of drug-likeness (QED) is 0.662. The van der Waals surface area contributed by atoms with E-state index in [9.17, 15) is 4.39 Å². The molecule has 2 aromatic carbocycles. The molecule has 1 unspecified atom stereocenters. The van der Waals surface area contributed by atoms with E-state index >= 15 is 0 Å². The predicted molar refractivity (Wildman–Crippen MR) is 91.4 cm³/mol. The molecule has 1 atom stereocenters. The molecule has 1 heterocycles. The molecule has 0 saturated carbocycles. The lowest BCUT2D eigenvalue weighted by molar-refractivity contribution is 0.578. The molecule has 0 amide bonds. The van der Waals surface area contributed by atoms with Gasteiger partial charge >= 0.3 is 0 Å². The number of thiophene rings is 1. The molecule has 0 aliphatic rings. The molecule has 0 saturated heterocycles. The first-order valence-electron chi connectivity index (χ1n) is 6.76. The van der Waals surface area contributed by atoms with E-state index in [0.717, 1.165) is 16.5 Å². The van der Waals surface area contributed by atoms with Gasteiger partial charge in [0.25, 0.3) is 0 Å². The highest BCUT2D eigenvalue weighted by molar-refractivity contribution is 9.10. The molecule has 4 heteroatoms. The third-order valence-corrected chi connectivity index (χ3v) is 5.09. The Kier molecular flexibility index (Phi) is 4.38. The van der Waals surface area contributed by atoms with E-state index in [1.807, 2.05) is 13.1 Å². The van der Waals surface area contributed by atoms with Crippen molar-refractivity contribution in [2.24, 2.45) is 0 Å². The van der Waals surface area contributed by atoms with Crippen molar-refractivity contribution in [1.82, 2.24) is 5.32 Å². The van der Waals surface area contributed by atoms with Gasteiger partial charge in [-0.3, -0.25) is 0 Å². The van der Waals surface area contributed by atoms with Crippen molar-refractivity contribution in [2.45, 2.75) is 12.5 Å². The molecule has 108 valence electrons. The summed E-state index contributed by atoms with van der Waals surface area (Å²) in [5.41, 5.74) is 2.26. The third-order valence-electron chi connectivity index (χ3n) is 3.62. The van der Waals surface area contributed by atoms with Crippen LogP contribution in [0, 0.1) is 5.82 Å². The van der Waals surface area contributed by atoms with E-state index in [1.54, 1.807) is 17.4 Å². The van der Waals surface area contributed by atoms with E-state index in [2.05, 4.69) is 50.9 Å². The second-order valence-electron chi connectivity index (χ2n) is 5.01. The second-order valence-corrected chi connectivity index (χ2v) is 6.83. The zero-order valence-electron chi connectivity index (χ0n) is 11.6. The topological polar surface area (TPSA) is 12.0 Å². The van der Waals surface area contributed by atoms with Gasteiger partial charge in [-0.2, -0.15) is 0 Å². The minimum atomic E-state index is -0.213. The van der Waals surface area contributed by atoms with Crippen LogP contribution in [0.3, 0.4) is 0 Å². The molecule has 0 aliphatic heterocycles. The Bertz CT molecular complexity index is 748. The van der Waals surface area contributed by atoms with Crippen LogP contribution in [0.15, 0.2) is 52.3 Å². The number of hydrogen-bond acceptors (Lipinski definition) is 2. The summed E-state index contributed by atoms with van der Waals surface area (Å²) in [6.07, 6.45) is 0.844. The number of benzene rings is 2. The van der Waals surface area contributed by atoms with Crippen LogP contribution in [-0.4, -0.2) is 7.05 Å². The smallest absolute Gasteiger partial charge is 0.124 e. The first-order chi connectivity index (χ1) is 10.2. The molecule has 0 aliphatic carbocycles. The second kappa shape index (κ2) is 6.26. The largest absolute Gasteiger partial charge is 0.313 e. The fraction of sp³-hybridized carbons (Fsp3) is 0.176. The first kappa shape index (κ1) is 14.7. The highest BCUT2D eigenvalue weighted by Gasteiger charge is 2.14. The molecule has 0 radical (unpaired) electrons. The molecular formula is C17H15BrFNS. The van der Waals surface area contributed by atoms with Gasteiger partial charge in [-0.1, -0.05) is 34.1 Å². The highest BCUT2D eigenvalue weighted by Crippen LogP contribution is 2.30. The van der Waals surface area contributed by atoms with E-state index in [0.29, 0.717) is 0 Å². The van der Waals surface area contributed by atoms with Crippen molar-refractivity contribution in [3.05, 3.63) is 69.3 Å². The van der Waals surface area contributed by atoms with Gasteiger partial charge in [0.05, 0.1) is 0 Å². The number of likely N-dealkylation sites (N-methyl/N-ethyl adjacent to an activating group) is 1. The van der Waals surface area contributed by atoms with E-state index < -0.39 is 0 Å². The summed E-state index contributed by atoms with van der Waals surface area (Å²) in [5.74, 6) is -0.213. The summed E-state index contributed by atoms with van der Waals surface area (Å²) in [6, 6.07) is 13.5. The molecular weight excluding hydrogens is 349 g/mol. The molecule has 1 aromatic heterocycles. The van der Waals surface area contributed by atoms with Crippen LogP contribution >= 0.6 is 27.3 Å². The Labute approximate surface area is 135 Å². The van der Waals surface area contributed by atoms with Crippen molar-refractivity contribution in [1.29, 1.82) is 0 Å². The Morgan fingerprint density at radius 2 is 2.05 bits per heavy atom. The molecule has 21 heavy (non-hydrogen) atoms. The highest BCUT2D eigenvalue weighted by atomic mass is 79.9. The zero-order chi connectivity index (χ0) is 14.8. The summed E-state index contributed by atoms with van der Waals surface area (Å²) < 4.78 is 15.7. The average molecular weight is 364 g/mol. The SMILES string of the molecule is CNC(Cc1csc2ccccc12)c1cc(F)cc(Br)c1. The molecule has 3 rings (SSSR count). The Balaban J connectivity index is 1.94. The maximum atomic E-state index is 13.6. The van der Waals surface area contributed by atoms with Crippen LogP contribution in [0.4, 0.5) is 4.39 Å². The van der Waals surface area contributed by atoms with Gasteiger partial charge in [-0.05, 0) is 59.6 Å². The number of rotatable bonds is 4. The first-order valence-corrected chi connectivity index (χ1v) is 8.43. The van der Waals surface area contributed by atoms with Crippen LogP contribution < -0.4 is 5.32 Å². The molecule has 0 fully saturated rings. The van der Waals surface area contributed by atoms with Gasteiger partial charge < -0.3 is 5.32 Å².